The first kappa shape index (κ1) is 24.4. The molecule has 0 saturated heterocycles. The van der Waals surface area contributed by atoms with Crippen LogP contribution in [0, 0.1) is 23.2 Å². The molecule has 1 aromatic heterocycles. The lowest BCUT2D eigenvalue weighted by atomic mass is 9.40. The van der Waals surface area contributed by atoms with Crippen molar-refractivity contribution in [2.75, 3.05) is 21.3 Å². The quantitative estimate of drug-likeness (QED) is 0.403. The first-order chi connectivity index (χ1) is 17.8. The summed E-state index contributed by atoms with van der Waals surface area (Å²) in [5.74, 6) is 4.11. The zero-order valence-corrected chi connectivity index (χ0v) is 23.0. The smallest absolute Gasteiger partial charge is 0.254 e. The number of rotatable bonds is 5. The van der Waals surface area contributed by atoms with Gasteiger partial charge in [0.05, 0.1) is 26.8 Å². The van der Waals surface area contributed by atoms with Crippen molar-refractivity contribution in [1.82, 2.24) is 4.57 Å². The van der Waals surface area contributed by atoms with Crippen molar-refractivity contribution in [3.63, 3.8) is 0 Å². The molecule has 0 amide bonds. The highest BCUT2D eigenvalue weighted by Gasteiger charge is 2.62. The predicted molar refractivity (Wildman–Crippen MR) is 147 cm³/mol. The number of aromatic nitrogens is 1. The molecule has 0 aliphatic heterocycles. The Morgan fingerprint density at radius 1 is 0.919 bits per heavy atom. The largest absolute Gasteiger partial charge is 0.493 e. The Hall–Kier alpha value is -2.95. The van der Waals surface area contributed by atoms with Gasteiger partial charge in [-0.2, -0.15) is 0 Å². The maximum Gasteiger partial charge on any atom is 0.254 e. The summed E-state index contributed by atoms with van der Waals surface area (Å²) in [5, 5.41) is 1.22. The molecule has 0 N–H and O–H groups in total. The molecule has 3 aromatic rings. The number of pyridine rings is 1. The van der Waals surface area contributed by atoms with Gasteiger partial charge < -0.3 is 18.8 Å². The molecule has 0 spiro atoms. The van der Waals surface area contributed by atoms with Crippen molar-refractivity contribution in [3.8, 4) is 17.2 Å². The van der Waals surface area contributed by atoms with E-state index in [1.165, 1.54) is 42.2 Å². The summed E-state index contributed by atoms with van der Waals surface area (Å²) in [7, 11) is 6.94. The SMILES string of the molecule is COc1cc([C@H]2[C@H]3c4c(c5ccccc5n(C)c4=O)CC(C)(C)[C@H]3[C@@H]2C2CCCC2)cc(OC)c1OC. The normalized spacial score (nSPS) is 26.3. The Labute approximate surface area is 219 Å². The lowest BCUT2D eigenvalue weighted by Gasteiger charge is -2.63. The van der Waals surface area contributed by atoms with E-state index < -0.39 is 0 Å². The number of fused-ring (bicyclic) bond motifs is 5. The maximum atomic E-state index is 14.1. The molecule has 1 heterocycles. The van der Waals surface area contributed by atoms with Gasteiger partial charge in [0.2, 0.25) is 5.75 Å². The first-order valence-corrected chi connectivity index (χ1v) is 13.7. The van der Waals surface area contributed by atoms with E-state index in [1.807, 2.05) is 17.7 Å². The van der Waals surface area contributed by atoms with Crippen molar-refractivity contribution < 1.29 is 14.2 Å². The fourth-order valence-corrected chi connectivity index (χ4v) is 8.49. The number of methoxy groups -OCH3 is 3. The van der Waals surface area contributed by atoms with E-state index in [0.29, 0.717) is 35.0 Å². The molecule has 0 radical (unpaired) electrons. The van der Waals surface area contributed by atoms with Gasteiger partial charge in [-0.05, 0) is 64.8 Å². The van der Waals surface area contributed by atoms with Crippen molar-refractivity contribution in [2.45, 2.75) is 57.8 Å². The molecule has 3 aliphatic rings. The van der Waals surface area contributed by atoms with Crippen LogP contribution in [0.1, 0.15) is 68.1 Å². The van der Waals surface area contributed by atoms with Crippen molar-refractivity contribution in [3.05, 3.63) is 63.4 Å². The Morgan fingerprint density at radius 3 is 2.19 bits per heavy atom. The third kappa shape index (κ3) is 3.45. The predicted octanol–water partition coefficient (Wildman–Crippen LogP) is 6.45. The number of hydrogen-bond acceptors (Lipinski definition) is 4. The molecule has 37 heavy (non-hydrogen) atoms. The van der Waals surface area contributed by atoms with Crippen LogP contribution in [-0.2, 0) is 13.5 Å². The van der Waals surface area contributed by atoms with Gasteiger partial charge in [-0.25, -0.2) is 0 Å². The van der Waals surface area contributed by atoms with Crippen molar-refractivity contribution in [2.24, 2.45) is 30.2 Å². The van der Waals surface area contributed by atoms with Gasteiger partial charge in [-0.15, -0.1) is 0 Å². The average molecular weight is 502 g/mol. The highest BCUT2D eigenvalue weighted by molar-refractivity contribution is 5.84. The van der Waals surface area contributed by atoms with E-state index in [-0.39, 0.29) is 22.8 Å². The topological polar surface area (TPSA) is 49.7 Å². The zero-order chi connectivity index (χ0) is 26.1. The van der Waals surface area contributed by atoms with Gasteiger partial charge in [0.25, 0.3) is 5.56 Å². The summed E-state index contributed by atoms with van der Waals surface area (Å²) in [5.41, 5.74) is 4.80. The second-order valence-electron chi connectivity index (χ2n) is 12.1. The molecule has 6 rings (SSSR count). The summed E-state index contributed by atoms with van der Waals surface area (Å²) in [6.07, 6.45) is 6.14. The Bertz CT molecular complexity index is 1390. The van der Waals surface area contributed by atoms with Crippen LogP contribution in [0.15, 0.2) is 41.2 Å². The van der Waals surface area contributed by atoms with Gasteiger partial charge in [0, 0.05) is 23.9 Å². The number of benzene rings is 2. The lowest BCUT2D eigenvalue weighted by Crippen LogP contribution is -2.57. The lowest BCUT2D eigenvalue weighted by molar-refractivity contribution is -0.0558. The number of nitrogens with zero attached hydrogens (tertiary/aromatic N) is 1. The molecule has 196 valence electrons. The van der Waals surface area contributed by atoms with Gasteiger partial charge in [0.15, 0.2) is 11.5 Å². The van der Waals surface area contributed by atoms with Crippen LogP contribution in [0.5, 0.6) is 17.2 Å². The molecule has 2 aromatic carbocycles. The third-order valence-corrected chi connectivity index (χ3v) is 9.94. The summed E-state index contributed by atoms with van der Waals surface area (Å²) in [4.78, 5) is 14.1. The van der Waals surface area contributed by atoms with Crippen LogP contribution >= 0.6 is 0 Å². The number of hydrogen-bond donors (Lipinski definition) is 0. The fourth-order valence-electron chi connectivity index (χ4n) is 8.49. The van der Waals surface area contributed by atoms with Gasteiger partial charge in [0.1, 0.15) is 0 Å². The standard InChI is InChI=1S/C32H39NO4/c1-32(2)17-21-20-13-9-10-14-22(20)33(3)31(34)27(21)28-25(26(29(28)32)18-11-7-8-12-18)19-15-23(35-4)30(37-6)24(16-19)36-5/h9-10,13-16,18,25-26,28-29H,7-8,11-12,17H2,1-6H3/t25-,26-,28+,29+/m1/s1. The molecule has 2 saturated carbocycles. The Balaban J connectivity index is 1.61. The molecular formula is C32H39NO4. The Kier molecular flexibility index (Phi) is 5.81. The first-order valence-electron chi connectivity index (χ1n) is 13.7. The highest BCUT2D eigenvalue weighted by atomic mass is 16.5. The minimum absolute atomic E-state index is 0.108. The van der Waals surface area contributed by atoms with E-state index in [0.717, 1.165) is 17.5 Å². The van der Waals surface area contributed by atoms with Crippen molar-refractivity contribution >= 4 is 10.9 Å². The maximum absolute atomic E-state index is 14.1. The second kappa shape index (κ2) is 8.82. The summed E-state index contributed by atoms with van der Waals surface area (Å²) >= 11 is 0. The molecular weight excluding hydrogens is 462 g/mol. The Morgan fingerprint density at radius 2 is 1.57 bits per heavy atom. The van der Waals surface area contributed by atoms with Crippen LogP contribution in [0.2, 0.25) is 0 Å². The zero-order valence-electron chi connectivity index (χ0n) is 23.0. The number of aryl methyl sites for hydroxylation is 1. The molecule has 5 nitrogen and oxygen atoms in total. The monoisotopic (exact) mass is 501 g/mol. The van der Waals surface area contributed by atoms with E-state index >= 15 is 0 Å². The number of ether oxygens (including phenoxy) is 3. The van der Waals surface area contributed by atoms with Crippen LogP contribution in [0.4, 0.5) is 0 Å². The summed E-state index contributed by atoms with van der Waals surface area (Å²) in [6, 6.07) is 12.7. The van der Waals surface area contributed by atoms with Gasteiger partial charge >= 0.3 is 0 Å². The van der Waals surface area contributed by atoms with E-state index in [1.54, 1.807) is 21.3 Å². The van der Waals surface area contributed by atoms with E-state index in [4.69, 9.17) is 14.2 Å². The highest BCUT2D eigenvalue weighted by Crippen LogP contribution is 2.70. The molecule has 4 atom stereocenters. The van der Waals surface area contributed by atoms with Gasteiger partial charge in [-0.1, -0.05) is 57.7 Å². The van der Waals surface area contributed by atoms with Crippen molar-refractivity contribution in [1.29, 1.82) is 0 Å². The van der Waals surface area contributed by atoms with Crippen LogP contribution in [0.25, 0.3) is 10.9 Å². The third-order valence-electron chi connectivity index (χ3n) is 9.94. The molecule has 3 aliphatic carbocycles. The van der Waals surface area contributed by atoms with E-state index in [2.05, 4.69) is 44.2 Å². The van der Waals surface area contributed by atoms with Crippen LogP contribution in [0.3, 0.4) is 0 Å². The van der Waals surface area contributed by atoms with Crippen LogP contribution in [-0.4, -0.2) is 25.9 Å². The summed E-state index contributed by atoms with van der Waals surface area (Å²) < 4.78 is 19.1. The summed E-state index contributed by atoms with van der Waals surface area (Å²) in [6.45, 7) is 4.88. The van der Waals surface area contributed by atoms with Crippen LogP contribution < -0.4 is 19.8 Å². The fraction of sp³-hybridized carbons (Fsp3) is 0.531. The molecule has 0 unspecified atom stereocenters. The molecule has 5 heteroatoms. The van der Waals surface area contributed by atoms with E-state index in [9.17, 15) is 4.79 Å². The van der Waals surface area contributed by atoms with Gasteiger partial charge in [-0.3, -0.25) is 4.79 Å². The number of para-hydroxylation sites is 1. The average Bonchev–Trinajstić information content (AvgIpc) is 3.41. The minimum Gasteiger partial charge on any atom is -0.493 e. The molecule has 0 bridgehead atoms. The minimum atomic E-state index is 0.108. The second-order valence-corrected chi connectivity index (χ2v) is 12.1. The molecule has 2 fully saturated rings.